The number of carbonyl (C=O) groups excluding carboxylic acids is 1. The standard InChI is InChI=1S/C12H15ClFNO4S/c1-4-8-6-7-9(12(16)19-14)11(10(8)13)15(5-2)20(3,17)18/h6-7H,4-5H2,1-3H3. The van der Waals surface area contributed by atoms with E-state index in [-0.39, 0.29) is 22.8 Å². The highest BCUT2D eigenvalue weighted by molar-refractivity contribution is 7.92. The van der Waals surface area contributed by atoms with Crippen molar-refractivity contribution in [2.24, 2.45) is 0 Å². The maximum absolute atomic E-state index is 12.2. The molecular formula is C12H15ClFNO4S. The first kappa shape index (κ1) is 16.7. The second-order valence-corrected chi connectivity index (χ2v) is 6.37. The van der Waals surface area contributed by atoms with Crippen LogP contribution in [0.15, 0.2) is 12.1 Å². The van der Waals surface area contributed by atoms with Gasteiger partial charge in [-0.3, -0.25) is 4.31 Å². The van der Waals surface area contributed by atoms with Crippen molar-refractivity contribution in [1.29, 1.82) is 0 Å². The molecule has 0 aromatic heterocycles. The molecule has 0 heterocycles. The van der Waals surface area contributed by atoms with Crippen LogP contribution in [0.3, 0.4) is 0 Å². The zero-order valence-corrected chi connectivity index (χ0v) is 12.9. The van der Waals surface area contributed by atoms with E-state index in [0.717, 1.165) is 10.6 Å². The fourth-order valence-corrected chi connectivity index (χ4v) is 3.33. The van der Waals surface area contributed by atoms with Crippen LogP contribution in [0.5, 0.6) is 0 Å². The van der Waals surface area contributed by atoms with Crippen LogP contribution < -0.4 is 4.31 Å². The van der Waals surface area contributed by atoms with E-state index in [1.165, 1.54) is 12.1 Å². The van der Waals surface area contributed by atoms with Crippen LogP contribution in [-0.4, -0.2) is 27.2 Å². The Kier molecular flexibility index (Phi) is 5.35. The van der Waals surface area contributed by atoms with Crippen LogP contribution in [-0.2, 0) is 21.4 Å². The molecule has 0 atom stereocenters. The minimum atomic E-state index is -3.66. The van der Waals surface area contributed by atoms with Gasteiger partial charge in [0.15, 0.2) is 0 Å². The predicted octanol–water partition coefficient (Wildman–Crippen LogP) is 2.73. The molecule has 0 aliphatic rings. The maximum Gasteiger partial charge on any atom is 0.381 e. The Morgan fingerprint density at radius 1 is 1.40 bits per heavy atom. The van der Waals surface area contributed by atoms with Gasteiger partial charge in [-0.25, -0.2) is 18.2 Å². The largest absolute Gasteiger partial charge is 0.381 e. The summed E-state index contributed by atoms with van der Waals surface area (Å²) >= 11 is 6.16. The Labute approximate surface area is 122 Å². The number of rotatable bonds is 5. The molecular weight excluding hydrogens is 309 g/mol. The minimum absolute atomic E-state index is 0.0539. The number of aryl methyl sites for hydroxylation is 1. The van der Waals surface area contributed by atoms with E-state index in [1.807, 2.05) is 6.92 Å². The van der Waals surface area contributed by atoms with Gasteiger partial charge in [0.05, 0.1) is 22.5 Å². The van der Waals surface area contributed by atoms with Crippen LogP contribution in [0.4, 0.5) is 10.2 Å². The third-order valence-corrected chi connectivity index (χ3v) is 4.47. The third kappa shape index (κ3) is 3.21. The summed E-state index contributed by atoms with van der Waals surface area (Å²) in [7, 11) is -3.66. The molecule has 5 nitrogen and oxygen atoms in total. The van der Waals surface area contributed by atoms with Gasteiger partial charge in [0.25, 0.3) is 0 Å². The first-order valence-electron chi connectivity index (χ1n) is 5.89. The SMILES string of the molecule is CCc1ccc(C(=O)OF)c(N(CC)S(C)(=O)=O)c1Cl. The zero-order valence-electron chi connectivity index (χ0n) is 11.3. The molecule has 0 saturated heterocycles. The molecule has 0 amide bonds. The monoisotopic (exact) mass is 323 g/mol. The highest BCUT2D eigenvalue weighted by Crippen LogP contribution is 2.35. The second-order valence-electron chi connectivity index (χ2n) is 4.08. The van der Waals surface area contributed by atoms with E-state index < -0.39 is 16.0 Å². The van der Waals surface area contributed by atoms with E-state index in [0.29, 0.717) is 12.0 Å². The molecule has 20 heavy (non-hydrogen) atoms. The van der Waals surface area contributed by atoms with Crippen LogP contribution in [0, 0.1) is 0 Å². The normalized spacial score (nSPS) is 11.2. The molecule has 0 spiro atoms. The molecule has 0 aliphatic heterocycles. The van der Waals surface area contributed by atoms with Gasteiger partial charge < -0.3 is 0 Å². The van der Waals surface area contributed by atoms with Gasteiger partial charge in [-0.15, -0.1) is 0 Å². The predicted molar refractivity (Wildman–Crippen MR) is 75.2 cm³/mol. The van der Waals surface area contributed by atoms with Crippen molar-refractivity contribution in [3.8, 4) is 0 Å². The summed E-state index contributed by atoms with van der Waals surface area (Å²) in [6, 6.07) is 2.84. The molecule has 0 saturated carbocycles. The number of benzene rings is 1. The summed E-state index contributed by atoms with van der Waals surface area (Å²) in [6.07, 6.45) is 1.52. The van der Waals surface area contributed by atoms with Gasteiger partial charge >= 0.3 is 5.97 Å². The summed E-state index contributed by atoms with van der Waals surface area (Å²) in [5.41, 5.74) is 0.361. The lowest BCUT2D eigenvalue weighted by Gasteiger charge is -2.24. The van der Waals surface area contributed by atoms with E-state index in [9.17, 15) is 17.7 Å². The molecule has 8 heteroatoms. The second kappa shape index (κ2) is 6.41. The molecule has 0 radical (unpaired) electrons. The molecule has 0 N–H and O–H groups in total. The fourth-order valence-electron chi connectivity index (χ4n) is 1.89. The Morgan fingerprint density at radius 3 is 2.40 bits per heavy atom. The van der Waals surface area contributed by atoms with Crippen molar-refractivity contribution in [2.75, 3.05) is 17.1 Å². The molecule has 0 bridgehead atoms. The first-order valence-corrected chi connectivity index (χ1v) is 8.12. The van der Waals surface area contributed by atoms with Crippen molar-refractivity contribution in [3.63, 3.8) is 0 Å². The first-order chi connectivity index (χ1) is 9.27. The Bertz CT molecular complexity index is 618. The Balaban J connectivity index is 3.66. The topological polar surface area (TPSA) is 63.7 Å². The number of hydrogen-bond acceptors (Lipinski definition) is 4. The lowest BCUT2D eigenvalue weighted by molar-refractivity contribution is -0.0787. The summed E-state index contributed by atoms with van der Waals surface area (Å²) in [5, 5.41) is 0.0997. The number of anilines is 1. The summed E-state index contributed by atoms with van der Waals surface area (Å²) in [6.45, 7) is 3.47. The highest BCUT2D eigenvalue weighted by Gasteiger charge is 2.27. The fraction of sp³-hybridized carbons (Fsp3) is 0.417. The van der Waals surface area contributed by atoms with E-state index in [4.69, 9.17) is 11.6 Å². The summed E-state index contributed by atoms with van der Waals surface area (Å²) < 4.78 is 36.7. The van der Waals surface area contributed by atoms with Gasteiger partial charge in [0.2, 0.25) is 10.0 Å². The molecule has 1 aromatic carbocycles. The van der Waals surface area contributed by atoms with Crippen molar-refractivity contribution in [2.45, 2.75) is 20.3 Å². The van der Waals surface area contributed by atoms with Crippen molar-refractivity contribution < 1.29 is 22.7 Å². The van der Waals surface area contributed by atoms with Crippen molar-refractivity contribution >= 4 is 33.3 Å². The quantitative estimate of drug-likeness (QED) is 0.835. The zero-order chi connectivity index (χ0) is 15.5. The van der Waals surface area contributed by atoms with Crippen molar-refractivity contribution in [3.05, 3.63) is 28.3 Å². The van der Waals surface area contributed by atoms with Gasteiger partial charge in [-0.05, 0) is 25.0 Å². The Morgan fingerprint density at radius 2 is 2.00 bits per heavy atom. The van der Waals surface area contributed by atoms with E-state index in [1.54, 1.807) is 6.92 Å². The van der Waals surface area contributed by atoms with Gasteiger partial charge in [-0.1, -0.05) is 24.6 Å². The lowest BCUT2D eigenvalue weighted by atomic mass is 10.1. The molecule has 0 fully saturated rings. The number of carbonyl (C=O) groups is 1. The number of hydrogen-bond donors (Lipinski definition) is 0. The molecule has 1 aromatic rings. The number of nitrogens with zero attached hydrogens (tertiary/aromatic N) is 1. The van der Waals surface area contributed by atoms with Crippen LogP contribution in [0.2, 0.25) is 5.02 Å². The minimum Gasteiger partial charge on any atom is -0.268 e. The van der Waals surface area contributed by atoms with Crippen LogP contribution in [0.25, 0.3) is 0 Å². The highest BCUT2D eigenvalue weighted by atomic mass is 35.5. The molecule has 0 unspecified atom stereocenters. The molecule has 112 valence electrons. The van der Waals surface area contributed by atoms with Crippen LogP contribution in [0.1, 0.15) is 29.8 Å². The van der Waals surface area contributed by atoms with Crippen molar-refractivity contribution in [1.82, 2.24) is 0 Å². The molecule has 1 rings (SSSR count). The molecule has 0 aliphatic carbocycles. The van der Waals surface area contributed by atoms with Gasteiger partial charge in [0.1, 0.15) is 0 Å². The van der Waals surface area contributed by atoms with E-state index in [2.05, 4.69) is 4.94 Å². The smallest absolute Gasteiger partial charge is 0.268 e. The third-order valence-electron chi connectivity index (χ3n) is 2.80. The lowest BCUT2D eigenvalue weighted by Crippen LogP contribution is -2.31. The maximum atomic E-state index is 12.2. The average Bonchev–Trinajstić information content (AvgIpc) is 2.38. The summed E-state index contributed by atoms with van der Waals surface area (Å²) in [4.78, 5) is 14.6. The van der Waals surface area contributed by atoms with Gasteiger partial charge in [-0.2, -0.15) is 0 Å². The number of sulfonamides is 1. The average molecular weight is 324 g/mol. The van der Waals surface area contributed by atoms with Crippen LogP contribution >= 0.6 is 11.6 Å². The Hall–Kier alpha value is -1.34. The van der Waals surface area contributed by atoms with Gasteiger partial charge in [0, 0.05) is 11.1 Å². The van der Waals surface area contributed by atoms with E-state index >= 15 is 0 Å². The summed E-state index contributed by atoms with van der Waals surface area (Å²) in [5.74, 6) is -1.29. The number of halogens is 2.